The Labute approximate surface area is 111 Å². The quantitative estimate of drug-likeness (QED) is 0.787. The second-order valence-corrected chi connectivity index (χ2v) is 5.73. The lowest BCUT2D eigenvalue weighted by atomic mass is 9.79. The Morgan fingerprint density at radius 2 is 1.94 bits per heavy atom. The second-order valence-electron chi connectivity index (χ2n) is 5.73. The number of aryl methyl sites for hydroxylation is 1. The van der Waals surface area contributed by atoms with Gasteiger partial charge in [0.05, 0.1) is 6.10 Å². The van der Waals surface area contributed by atoms with Gasteiger partial charge in [-0.3, -0.25) is 0 Å². The molecule has 1 aromatic rings. The summed E-state index contributed by atoms with van der Waals surface area (Å²) in [6, 6.07) is 8.44. The van der Waals surface area contributed by atoms with Gasteiger partial charge in [0.2, 0.25) is 0 Å². The predicted octanol–water partition coefficient (Wildman–Crippen LogP) is 4.27. The molecule has 1 aliphatic carbocycles. The lowest BCUT2D eigenvalue weighted by molar-refractivity contribution is 0.0932. The summed E-state index contributed by atoms with van der Waals surface area (Å²) < 4.78 is 0. The van der Waals surface area contributed by atoms with E-state index >= 15 is 0 Å². The number of rotatable bonds is 3. The first kappa shape index (κ1) is 13.4. The first-order valence-electron chi connectivity index (χ1n) is 7.04. The molecule has 0 fully saturated rings. The molecule has 0 amide bonds. The summed E-state index contributed by atoms with van der Waals surface area (Å²) in [4.78, 5) is 0. The van der Waals surface area contributed by atoms with Crippen LogP contribution in [-0.4, -0.2) is 5.11 Å². The van der Waals surface area contributed by atoms with Crippen LogP contribution in [0.4, 0.5) is 0 Å². The van der Waals surface area contributed by atoms with E-state index in [4.69, 9.17) is 0 Å². The van der Waals surface area contributed by atoms with Crippen LogP contribution in [0, 0.1) is 11.8 Å². The van der Waals surface area contributed by atoms with E-state index in [1.807, 2.05) is 0 Å². The molecule has 3 unspecified atom stereocenters. The van der Waals surface area contributed by atoms with Crippen molar-refractivity contribution in [1.29, 1.82) is 0 Å². The van der Waals surface area contributed by atoms with E-state index in [9.17, 15) is 5.11 Å². The van der Waals surface area contributed by atoms with Crippen molar-refractivity contribution in [3.05, 3.63) is 47.0 Å². The van der Waals surface area contributed by atoms with E-state index < -0.39 is 0 Å². The van der Waals surface area contributed by atoms with Crippen LogP contribution < -0.4 is 0 Å². The monoisotopic (exact) mass is 244 g/mol. The molecule has 0 spiro atoms. The van der Waals surface area contributed by atoms with Crippen LogP contribution >= 0.6 is 0 Å². The molecule has 2 rings (SSSR count). The summed E-state index contributed by atoms with van der Waals surface area (Å²) in [7, 11) is 0. The first-order valence-corrected chi connectivity index (χ1v) is 7.04. The molecule has 0 aromatic heterocycles. The van der Waals surface area contributed by atoms with E-state index in [1.165, 1.54) is 11.1 Å². The Morgan fingerprint density at radius 3 is 2.50 bits per heavy atom. The molecule has 1 aliphatic rings. The van der Waals surface area contributed by atoms with Gasteiger partial charge in [-0.1, -0.05) is 49.8 Å². The molecule has 0 bridgehead atoms. The maximum atomic E-state index is 10.5. The minimum absolute atomic E-state index is 0.318. The standard InChI is InChI=1S/C17H24O/c1-4-14-5-7-15(8-6-14)17(18)16-10-12(2)9-13(3)11-16/h5-9,12,16-18H,4,10-11H2,1-3H3. The average molecular weight is 244 g/mol. The molecule has 1 N–H and O–H groups in total. The Balaban J connectivity index is 2.10. The number of hydrogen-bond acceptors (Lipinski definition) is 1. The summed E-state index contributed by atoms with van der Waals surface area (Å²) in [5, 5.41) is 10.5. The number of aliphatic hydroxyl groups excluding tert-OH is 1. The topological polar surface area (TPSA) is 20.2 Å². The highest BCUT2D eigenvalue weighted by Crippen LogP contribution is 2.36. The molecular weight excluding hydrogens is 220 g/mol. The van der Waals surface area contributed by atoms with Gasteiger partial charge in [0.15, 0.2) is 0 Å². The molecule has 1 heteroatoms. The summed E-state index contributed by atoms with van der Waals surface area (Å²) in [5.41, 5.74) is 3.82. The highest BCUT2D eigenvalue weighted by molar-refractivity contribution is 5.25. The molecule has 0 saturated heterocycles. The lowest BCUT2D eigenvalue weighted by Gasteiger charge is -2.29. The molecule has 18 heavy (non-hydrogen) atoms. The Kier molecular flexibility index (Phi) is 4.23. The summed E-state index contributed by atoms with van der Waals surface area (Å²) >= 11 is 0. The minimum atomic E-state index is -0.318. The van der Waals surface area contributed by atoms with Crippen molar-refractivity contribution in [3.63, 3.8) is 0 Å². The third kappa shape index (κ3) is 3.02. The number of hydrogen-bond donors (Lipinski definition) is 1. The zero-order chi connectivity index (χ0) is 13.1. The van der Waals surface area contributed by atoms with Crippen LogP contribution in [0.2, 0.25) is 0 Å². The molecule has 0 radical (unpaired) electrons. The Morgan fingerprint density at radius 1 is 1.28 bits per heavy atom. The van der Waals surface area contributed by atoms with Crippen molar-refractivity contribution in [2.24, 2.45) is 11.8 Å². The summed E-state index contributed by atoms with van der Waals surface area (Å²) in [5.74, 6) is 0.964. The Bertz CT molecular complexity index is 416. The normalized spacial score (nSPS) is 25.7. The molecule has 3 atom stereocenters. The summed E-state index contributed by atoms with van der Waals surface area (Å²) in [6.07, 6.45) is 5.19. The zero-order valence-electron chi connectivity index (χ0n) is 11.7. The smallest absolute Gasteiger partial charge is 0.0821 e. The fourth-order valence-electron chi connectivity index (χ4n) is 3.06. The minimum Gasteiger partial charge on any atom is -0.388 e. The van der Waals surface area contributed by atoms with Gasteiger partial charge in [-0.25, -0.2) is 0 Å². The molecule has 0 aliphatic heterocycles. The maximum Gasteiger partial charge on any atom is 0.0821 e. The highest BCUT2D eigenvalue weighted by atomic mass is 16.3. The van der Waals surface area contributed by atoms with Crippen molar-refractivity contribution in [2.75, 3.05) is 0 Å². The van der Waals surface area contributed by atoms with E-state index in [1.54, 1.807) is 0 Å². The number of aliphatic hydroxyl groups is 1. The third-order valence-corrected chi connectivity index (χ3v) is 4.00. The molecule has 0 saturated carbocycles. The first-order chi connectivity index (χ1) is 8.60. The van der Waals surface area contributed by atoms with Crippen LogP contribution in [0.25, 0.3) is 0 Å². The van der Waals surface area contributed by atoms with Gasteiger partial charge >= 0.3 is 0 Å². The van der Waals surface area contributed by atoms with Crippen molar-refractivity contribution in [2.45, 2.75) is 46.1 Å². The van der Waals surface area contributed by atoms with Gasteiger partial charge in [-0.15, -0.1) is 0 Å². The van der Waals surface area contributed by atoms with E-state index in [-0.39, 0.29) is 6.10 Å². The van der Waals surface area contributed by atoms with Crippen LogP contribution in [0.15, 0.2) is 35.9 Å². The molecule has 0 heterocycles. The predicted molar refractivity (Wildman–Crippen MR) is 76.4 cm³/mol. The number of benzene rings is 1. The van der Waals surface area contributed by atoms with Crippen LogP contribution in [0.3, 0.4) is 0 Å². The average Bonchev–Trinajstić information content (AvgIpc) is 2.37. The molecule has 1 aromatic carbocycles. The zero-order valence-corrected chi connectivity index (χ0v) is 11.7. The van der Waals surface area contributed by atoms with Crippen molar-refractivity contribution >= 4 is 0 Å². The van der Waals surface area contributed by atoms with Gasteiger partial charge in [0.25, 0.3) is 0 Å². The van der Waals surface area contributed by atoms with Crippen LogP contribution in [0.1, 0.15) is 50.8 Å². The van der Waals surface area contributed by atoms with Gasteiger partial charge < -0.3 is 5.11 Å². The maximum absolute atomic E-state index is 10.5. The summed E-state index contributed by atoms with van der Waals surface area (Å²) in [6.45, 7) is 6.57. The van der Waals surface area contributed by atoms with Crippen molar-refractivity contribution in [1.82, 2.24) is 0 Å². The number of allylic oxidation sites excluding steroid dienone is 2. The van der Waals surface area contributed by atoms with Crippen LogP contribution in [-0.2, 0) is 6.42 Å². The van der Waals surface area contributed by atoms with Gasteiger partial charge in [0, 0.05) is 0 Å². The van der Waals surface area contributed by atoms with Gasteiger partial charge in [-0.2, -0.15) is 0 Å². The SMILES string of the molecule is CCc1ccc(C(O)C2CC(C)=CC(C)C2)cc1. The fraction of sp³-hybridized carbons (Fsp3) is 0.529. The molecular formula is C17H24O. The van der Waals surface area contributed by atoms with Gasteiger partial charge in [0.1, 0.15) is 0 Å². The lowest BCUT2D eigenvalue weighted by Crippen LogP contribution is -2.19. The molecule has 98 valence electrons. The van der Waals surface area contributed by atoms with E-state index in [2.05, 4.69) is 51.1 Å². The third-order valence-electron chi connectivity index (χ3n) is 4.00. The van der Waals surface area contributed by atoms with Crippen molar-refractivity contribution in [3.8, 4) is 0 Å². The molecule has 1 nitrogen and oxygen atoms in total. The van der Waals surface area contributed by atoms with Crippen molar-refractivity contribution < 1.29 is 5.11 Å². The second kappa shape index (κ2) is 5.71. The van der Waals surface area contributed by atoms with Gasteiger partial charge in [-0.05, 0) is 49.1 Å². The van der Waals surface area contributed by atoms with E-state index in [0.717, 1.165) is 24.8 Å². The van der Waals surface area contributed by atoms with E-state index in [0.29, 0.717) is 11.8 Å². The Hall–Kier alpha value is -1.08. The fourth-order valence-corrected chi connectivity index (χ4v) is 3.06. The largest absolute Gasteiger partial charge is 0.388 e. The van der Waals surface area contributed by atoms with Crippen LogP contribution in [0.5, 0.6) is 0 Å². The highest BCUT2D eigenvalue weighted by Gasteiger charge is 2.25.